The number of primary amides is 1. The zero-order valence-corrected chi connectivity index (χ0v) is 18.1. The van der Waals surface area contributed by atoms with Crippen molar-refractivity contribution in [2.45, 2.75) is 6.54 Å². The number of methoxy groups -OCH3 is 1. The molecule has 0 aliphatic rings. The molecule has 0 saturated heterocycles. The average molecular weight is 441 g/mol. The van der Waals surface area contributed by atoms with Crippen LogP contribution in [-0.2, 0) is 11.3 Å². The van der Waals surface area contributed by atoms with Crippen LogP contribution in [-0.4, -0.2) is 23.9 Å². The minimum Gasteiger partial charge on any atom is -0.497 e. The maximum Gasteiger partial charge on any atom is 0.250 e. The average Bonchev–Trinajstić information content (AvgIpc) is 3.28. The Hall–Kier alpha value is -4.36. The van der Waals surface area contributed by atoms with Crippen LogP contribution in [0.5, 0.6) is 5.75 Å². The van der Waals surface area contributed by atoms with Gasteiger partial charge in [-0.15, -0.1) is 0 Å². The third-order valence-corrected chi connectivity index (χ3v) is 5.57. The highest BCUT2D eigenvalue weighted by atomic mass is 16.5. The van der Waals surface area contributed by atoms with E-state index in [1.807, 2.05) is 48.5 Å². The first-order valence-electron chi connectivity index (χ1n) is 10.3. The molecule has 0 spiro atoms. The number of benzene rings is 3. The number of amides is 2. The maximum absolute atomic E-state index is 12.1. The van der Waals surface area contributed by atoms with E-state index in [9.17, 15) is 9.59 Å². The van der Waals surface area contributed by atoms with Crippen molar-refractivity contribution in [2.24, 2.45) is 11.5 Å². The highest BCUT2D eigenvalue weighted by molar-refractivity contribution is 6.11. The number of hydrogen-bond acceptors (Lipinski definition) is 4. The molecule has 33 heavy (non-hydrogen) atoms. The molecule has 1 aromatic heterocycles. The molecule has 0 aliphatic heterocycles. The zero-order chi connectivity index (χ0) is 23.5. The molecule has 0 bridgehead atoms. The molecule has 0 aliphatic carbocycles. The summed E-state index contributed by atoms with van der Waals surface area (Å²) in [5, 5.41) is 3.63. The molecular formula is C26H24N4O3. The van der Waals surface area contributed by atoms with E-state index in [1.165, 1.54) is 6.08 Å². The number of carbonyl (C=O) groups is 2. The lowest BCUT2D eigenvalue weighted by atomic mass is 9.93. The minimum absolute atomic E-state index is 0.206. The molecule has 3 aromatic carbocycles. The number of fused-ring (bicyclic) bond motifs is 1. The summed E-state index contributed by atoms with van der Waals surface area (Å²) in [6.07, 6.45) is 1.21. The van der Waals surface area contributed by atoms with Crippen LogP contribution in [0.25, 0.3) is 33.3 Å². The summed E-state index contributed by atoms with van der Waals surface area (Å²) in [5.74, 6) is -0.0976. The number of H-pyrrole nitrogens is 1. The Morgan fingerprint density at radius 2 is 1.85 bits per heavy atom. The van der Waals surface area contributed by atoms with Gasteiger partial charge in [0.15, 0.2) is 0 Å². The van der Waals surface area contributed by atoms with Crippen molar-refractivity contribution < 1.29 is 14.3 Å². The summed E-state index contributed by atoms with van der Waals surface area (Å²) in [7, 11) is 1.62. The summed E-state index contributed by atoms with van der Waals surface area (Å²) < 4.78 is 5.24. The molecule has 0 radical (unpaired) electrons. The Morgan fingerprint density at radius 1 is 1.09 bits per heavy atom. The number of aromatic nitrogens is 1. The first-order chi connectivity index (χ1) is 16.0. The molecule has 166 valence electrons. The molecule has 2 amide bonds. The number of rotatable bonds is 7. The van der Waals surface area contributed by atoms with Crippen molar-refractivity contribution in [2.75, 3.05) is 12.4 Å². The number of hydrogen-bond donors (Lipinski definition) is 4. The van der Waals surface area contributed by atoms with Crippen molar-refractivity contribution in [3.63, 3.8) is 0 Å². The van der Waals surface area contributed by atoms with Crippen molar-refractivity contribution in [1.29, 1.82) is 0 Å². The lowest BCUT2D eigenvalue weighted by molar-refractivity contribution is -0.111. The summed E-state index contributed by atoms with van der Waals surface area (Å²) in [4.78, 5) is 27.4. The third-order valence-electron chi connectivity index (χ3n) is 5.57. The Morgan fingerprint density at radius 3 is 2.48 bits per heavy atom. The van der Waals surface area contributed by atoms with Crippen LogP contribution in [0, 0.1) is 0 Å². The van der Waals surface area contributed by atoms with Crippen LogP contribution in [0.4, 0.5) is 5.69 Å². The van der Waals surface area contributed by atoms with Gasteiger partial charge in [-0.3, -0.25) is 9.59 Å². The quantitative estimate of drug-likeness (QED) is 0.322. The molecule has 1 heterocycles. The van der Waals surface area contributed by atoms with Gasteiger partial charge in [-0.1, -0.05) is 24.8 Å². The van der Waals surface area contributed by atoms with Gasteiger partial charge in [0, 0.05) is 23.3 Å². The predicted molar refractivity (Wildman–Crippen MR) is 131 cm³/mol. The summed E-state index contributed by atoms with van der Waals surface area (Å²) in [6, 6.07) is 18.7. The van der Waals surface area contributed by atoms with Crippen molar-refractivity contribution in [3.05, 3.63) is 84.4 Å². The van der Waals surface area contributed by atoms with Crippen LogP contribution in [0.2, 0.25) is 0 Å². The molecular weight excluding hydrogens is 416 g/mol. The van der Waals surface area contributed by atoms with E-state index in [2.05, 4.69) is 16.9 Å². The number of ether oxygens (including phenoxy) is 1. The second kappa shape index (κ2) is 9.02. The van der Waals surface area contributed by atoms with E-state index >= 15 is 0 Å². The van der Waals surface area contributed by atoms with Gasteiger partial charge in [0.2, 0.25) is 5.91 Å². The Balaban J connectivity index is 1.93. The normalized spacial score (nSPS) is 10.7. The molecule has 0 atom stereocenters. The minimum atomic E-state index is -0.527. The second-order valence-corrected chi connectivity index (χ2v) is 7.45. The van der Waals surface area contributed by atoms with Gasteiger partial charge in [0.1, 0.15) is 5.75 Å². The van der Waals surface area contributed by atoms with Crippen LogP contribution in [0.1, 0.15) is 15.9 Å². The second-order valence-electron chi connectivity index (χ2n) is 7.45. The SMILES string of the molecule is C=CC(=O)Nc1cccc(-c2ccc(C(N)=O)c3[nH]c(-c4ccc(OC)cc4)cc23)c1CN. The fraction of sp³-hybridized carbons (Fsp3) is 0.0769. The number of nitrogens with two attached hydrogens (primary N) is 2. The van der Waals surface area contributed by atoms with E-state index in [0.29, 0.717) is 16.8 Å². The van der Waals surface area contributed by atoms with Gasteiger partial charge in [0.25, 0.3) is 5.91 Å². The standard InChI is InChI=1S/C26H24N4O3/c1-3-24(31)29-22-6-4-5-17(21(22)14-27)18-11-12-19(26(28)32)25-20(18)13-23(30-25)15-7-9-16(33-2)10-8-15/h3-13,30H,1,14,27H2,2H3,(H2,28,32)(H,29,31). The maximum atomic E-state index is 12.1. The Kier molecular flexibility index (Phi) is 5.97. The molecule has 4 rings (SSSR count). The lowest BCUT2D eigenvalue weighted by Gasteiger charge is -2.15. The van der Waals surface area contributed by atoms with Gasteiger partial charge < -0.3 is 26.5 Å². The van der Waals surface area contributed by atoms with E-state index in [1.54, 1.807) is 19.2 Å². The molecule has 0 unspecified atom stereocenters. The topological polar surface area (TPSA) is 123 Å². The van der Waals surface area contributed by atoms with Gasteiger partial charge in [-0.25, -0.2) is 0 Å². The van der Waals surface area contributed by atoms with Gasteiger partial charge in [0.05, 0.1) is 18.2 Å². The molecule has 7 heteroatoms. The number of carbonyl (C=O) groups excluding carboxylic acids is 2. The Bertz CT molecular complexity index is 1370. The predicted octanol–water partition coefficient (Wildman–Crippen LogP) is 4.19. The van der Waals surface area contributed by atoms with Gasteiger partial charge >= 0.3 is 0 Å². The van der Waals surface area contributed by atoms with Gasteiger partial charge in [-0.05, 0) is 70.8 Å². The largest absolute Gasteiger partial charge is 0.497 e. The number of nitrogens with one attached hydrogen (secondary N) is 2. The van der Waals surface area contributed by atoms with Crippen molar-refractivity contribution in [1.82, 2.24) is 4.98 Å². The third kappa shape index (κ3) is 4.09. The zero-order valence-electron chi connectivity index (χ0n) is 18.1. The number of anilines is 1. The van der Waals surface area contributed by atoms with Crippen LogP contribution < -0.4 is 21.5 Å². The highest BCUT2D eigenvalue weighted by Gasteiger charge is 2.18. The monoisotopic (exact) mass is 440 g/mol. The number of aromatic amines is 1. The lowest BCUT2D eigenvalue weighted by Crippen LogP contribution is -2.13. The van der Waals surface area contributed by atoms with E-state index < -0.39 is 5.91 Å². The highest BCUT2D eigenvalue weighted by Crippen LogP contribution is 2.37. The summed E-state index contributed by atoms with van der Waals surface area (Å²) in [5.41, 5.74) is 17.6. The van der Waals surface area contributed by atoms with E-state index in [0.717, 1.165) is 39.1 Å². The van der Waals surface area contributed by atoms with E-state index in [-0.39, 0.29) is 12.5 Å². The smallest absolute Gasteiger partial charge is 0.250 e. The summed E-state index contributed by atoms with van der Waals surface area (Å²) >= 11 is 0. The van der Waals surface area contributed by atoms with Crippen LogP contribution >= 0.6 is 0 Å². The van der Waals surface area contributed by atoms with Crippen molar-refractivity contribution >= 4 is 28.4 Å². The molecule has 6 N–H and O–H groups in total. The van der Waals surface area contributed by atoms with Gasteiger partial charge in [-0.2, -0.15) is 0 Å². The van der Waals surface area contributed by atoms with Crippen molar-refractivity contribution in [3.8, 4) is 28.1 Å². The molecule has 7 nitrogen and oxygen atoms in total. The molecule has 0 fully saturated rings. The fourth-order valence-electron chi connectivity index (χ4n) is 3.95. The summed E-state index contributed by atoms with van der Waals surface area (Å²) in [6.45, 7) is 3.71. The first-order valence-corrected chi connectivity index (χ1v) is 10.3. The van der Waals surface area contributed by atoms with Crippen LogP contribution in [0.15, 0.2) is 73.3 Å². The molecule has 4 aromatic rings. The first kappa shape index (κ1) is 21.9. The Labute approximate surface area is 191 Å². The fourth-order valence-corrected chi connectivity index (χ4v) is 3.95. The molecule has 0 saturated carbocycles. The van der Waals surface area contributed by atoms with Crippen LogP contribution in [0.3, 0.4) is 0 Å². The van der Waals surface area contributed by atoms with E-state index in [4.69, 9.17) is 16.2 Å².